The molecule has 0 amide bonds. The number of phenolic OH excluding ortho intramolecular Hbond substituents is 1. The highest BCUT2D eigenvalue weighted by atomic mass is 32.1. The molecule has 1 N–H and O–H groups in total. The third-order valence-corrected chi connectivity index (χ3v) is 3.75. The second kappa shape index (κ2) is 5.29. The van der Waals surface area contributed by atoms with Crippen molar-refractivity contribution in [2.75, 3.05) is 0 Å². The molecule has 0 spiro atoms. The van der Waals surface area contributed by atoms with Crippen molar-refractivity contribution in [3.63, 3.8) is 0 Å². The molecule has 0 atom stereocenters. The minimum atomic E-state index is -0.440. The van der Waals surface area contributed by atoms with E-state index in [4.69, 9.17) is 0 Å². The Morgan fingerprint density at radius 1 is 1.29 bits per heavy atom. The van der Waals surface area contributed by atoms with Gasteiger partial charge in [-0.15, -0.1) is 0 Å². The van der Waals surface area contributed by atoms with E-state index in [9.17, 15) is 15.2 Å². The minimum absolute atomic E-state index is 0.0300. The fourth-order valence-electron chi connectivity index (χ4n) is 1.79. The van der Waals surface area contributed by atoms with Gasteiger partial charge < -0.3 is 5.11 Å². The third-order valence-electron chi connectivity index (χ3n) is 2.82. The van der Waals surface area contributed by atoms with Crippen LogP contribution in [0.3, 0.4) is 0 Å². The summed E-state index contributed by atoms with van der Waals surface area (Å²) in [6.07, 6.45) is 1.52. The number of nitro benzene ring substituents is 1. The lowest BCUT2D eigenvalue weighted by atomic mass is 10.2. The number of thiazole rings is 1. The van der Waals surface area contributed by atoms with E-state index in [1.165, 1.54) is 29.7 Å². The minimum Gasteiger partial charge on any atom is -0.507 e. The molecule has 1 aromatic heterocycles. The van der Waals surface area contributed by atoms with Crippen LogP contribution in [0.25, 0.3) is 10.2 Å². The molecule has 3 rings (SSSR count). The molecular formula is C14H9N3O3S. The summed E-state index contributed by atoms with van der Waals surface area (Å²) in [5.74, 6) is 0.137. The topological polar surface area (TPSA) is 88.6 Å². The van der Waals surface area contributed by atoms with Crippen LogP contribution >= 0.6 is 11.3 Å². The number of rotatable bonds is 3. The SMILES string of the molecule is O=[N+]([O-])c1ccc2nc(N=Cc3ccccc3O)sc2c1. The predicted molar refractivity (Wildman–Crippen MR) is 81.6 cm³/mol. The third kappa shape index (κ3) is 2.72. The first-order valence-electron chi connectivity index (χ1n) is 6.00. The van der Waals surface area contributed by atoms with Crippen molar-refractivity contribution in [2.24, 2.45) is 4.99 Å². The summed E-state index contributed by atoms with van der Waals surface area (Å²) in [5.41, 5.74) is 1.28. The zero-order valence-electron chi connectivity index (χ0n) is 10.6. The Bertz CT molecular complexity index is 858. The van der Waals surface area contributed by atoms with Crippen molar-refractivity contribution in [3.05, 3.63) is 58.1 Å². The summed E-state index contributed by atoms with van der Waals surface area (Å²) in [6.45, 7) is 0. The van der Waals surface area contributed by atoms with Gasteiger partial charge in [-0.3, -0.25) is 10.1 Å². The van der Waals surface area contributed by atoms with Gasteiger partial charge in [0.2, 0.25) is 5.13 Å². The van der Waals surface area contributed by atoms with Crippen molar-refractivity contribution in [2.45, 2.75) is 0 Å². The van der Waals surface area contributed by atoms with Crippen molar-refractivity contribution in [1.82, 2.24) is 4.98 Å². The fourth-order valence-corrected chi connectivity index (χ4v) is 2.64. The molecule has 0 unspecified atom stereocenters. The molecule has 7 heteroatoms. The van der Waals surface area contributed by atoms with Gasteiger partial charge in [0.05, 0.1) is 15.1 Å². The van der Waals surface area contributed by atoms with Crippen molar-refractivity contribution in [3.8, 4) is 5.75 Å². The number of aromatic hydroxyl groups is 1. The predicted octanol–water partition coefficient (Wildman–Crippen LogP) is 3.66. The van der Waals surface area contributed by atoms with E-state index in [-0.39, 0.29) is 11.4 Å². The van der Waals surface area contributed by atoms with Gasteiger partial charge in [0, 0.05) is 23.9 Å². The van der Waals surface area contributed by atoms with E-state index < -0.39 is 4.92 Å². The molecule has 0 bridgehead atoms. The van der Waals surface area contributed by atoms with Gasteiger partial charge in [0.15, 0.2) is 0 Å². The van der Waals surface area contributed by atoms with Gasteiger partial charge in [0.25, 0.3) is 5.69 Å². The van der Waals surface area contributed by atoms with E-state index in [0.717, 1.165) is 0 Å². The number of benzene rings is 2. The van der Waals surface area contributed by atoms with Gasteiger partial charge >= 0.3 is 0 Å². The molecule has 0 aliphatic heterocycles. The standard InChI is InChI=1S/C14H9N3O3S/c18-12-4-2-1-3-9(12)8-15-14-16-11-6-5-10(17(19)20)7-13(11)21-14/h1-8,18H. The number of aliphatic imine (C=N–C) groups is 1. The molecule has 0 fully saturated rings. The van der Waals surface area contributed by atoms with Crippen LogP contribution < -0.4 is 0 Å². The summed E-state index contributed by atoms with van der Waals surface area (Å²) in [5, 5.41) is 20.9. The molecular weight excluding hydrogens is 290 g/mol. The second-order valence-corrected chi connectivity index (χ2v) is 5.23. The quantitative estimate of drug-likeness (QED) is 0.454. The lowest BCUT2D eigenvalue weighted by Gasteiger charge is -1.95. The second-order valence-electron chi connectivity index (χ2n) is 4.22. The summed E-state index contributed by atoms with van der Waals surface area (Å²) >= 11 is 1.26. The Labute approximate surface area is 123 Å². The number of para-hydroxylation sites is 1. The molecule has 6 nitrogen and oxygen atoms in total. The molecule has 3 aromatic rings. The van der Waals surface area contributed by atoms with Crippen molar-refractivity contribution >= 4 is 38.6 Å². The summed E-state index contributed by atoms with van der Waals surface area (Å²) < 4.78 is 0.702. The summed E-state index contributed by atoms with van der Waals surface area (Å²) in [6, 6.07) is 11.3. The van der Waals surface area contributed by atoms with Crippen LogP contribution in [-0.4, -0.2) is 21.2 Å². The van der Waals surface area contributed by atoms with Gasteiger partial charge in [-0.1, -0.05) is 23.5 Å². The van der Waals surface area contributed by atoms with Crippen LogP contribution in [0, 0.1) is 10.1 Å². The number of hydrogen-bond acceptors (Lipinski definition) is 6. The number of hydrogen-bond donors (Lipinski definition) is 1. The Hall–Kier alpha value is -2.80. The highest BCUT2D eigenvalue weighted by molar-refractivity contribution is 7.22. The summed E-state index contributed by atoms with van der Waals surface area (Å²) in [4.78, 5) is 18.8. The van der Waals surface area contributed by atoms with E-state index in [2.05, 4.69) is 9.98 Å². The van der Waals surface area contributed by atoms with E-state index >= 15 is 0 Å². The van der Waals surface area contributed by atoms with Crippen LogP contribution in [0.4, 0.5) is 10.8 Å². The number of phenols is 1. The number of nitro groups is 1. The maximum absolute atomic E-state index is 10.7. The van der Waals surface area contributed by atoms with E-state index in [1.807, 2.05) is 0 Å². The number of aromatic nitrogens is 1. The van der Waals surface area contributed by atoms with Crippen LogP contribution in [-0.2, 0) is 0 Å². The van der Waals surface area contributed by atoms with E-state index in [1.54, 1.807) is 30.3 Å². The van der Waals surface area contributed by atoms with Gasteiger partial charge in [-0.25, -0.2) is 9.98 Å². The highest BCUT2D eigenvalue weighted by Crippen LogP contribution is 2.30. The Kier molecular flexibility index (Phi) is 3.33. The molecule has 104 valence electrons. The Balaban J connectivity index is 1.95. The normalized spacial score (nSPS) is 11.2. The largest absolute Gasteiger partial charge is 0.507 e. The van der Waals surface area contributed by atoms with Crippen LogP contribution in [0.15, 0.2) is 47.5 Å². The maximum atomic E-state index is 10.7. The van der Waals surface area contributed by atoms with Crippen molar-refractivity contribution < 1.29 is 10.0 Å². The first-order valence-corrected chi connectivity index (χ1v) is 6.82. The molecule has 1 heterocycles. The van der Waals surface area contributed by atoms with Crippen LogP contribution in [0.1, 0.15) is 5.56 Å². The van der Waals surface area contributed by atoms with Crippen LogP contribution in [0.2, 0.25) is 0 Å². The molecule has 2 aromatic carbocycles. The Morgan fingerprint density at radius 3 is 2.86 bits per heavy atom. The van der Waals surface area contributed by atoms with Crippen molar-refractivity contribution in [1.29, 1.82) is 0 Å². The lowest BCUT2D eigenvalue weighted by molar-refractivity contribution is -0.384. The molecule has 21 heavy (non-hydrogen) atoms. The van der Waals surface area contributed by atoms with E-state index in [0.29, 0.717) is 20.9 Å². The molecule has 0 aliphatic rings. The van der Waals surface area contributed by atoms with Gasteiger partial charge in [-0.05, 0) is 18.2 Å². The zero-order valence-corrected chi connectivity index (χ0v) is 11.4. The zero-order chi connectivity index (χ0) is 14.8. The highest BCUT2D eigenvalue weighted by Gasteiger charge is 2.09. The number of nitrogens with zero attached hydrogens (tertiary/aromatic N) is 3. The first-order chi connectivity index (χ1) is 10.1. The smallest absolute Gasteiger partial charge is 0.270 e. The summed E-state index contributed by atoms with van der Waals surface area (Å²) in [7, 11) is 0. The molecule has 0 radical (unpaired) electrons. The molecule has 0 saturated heterocycles. The lowest BCUT2D eigenvalue weighted by Crippen LogP contribution is -1.85. The molecule has 0 aliphatic carbocycles. The van der Waals surface area contributed by atoms with Gasteiger partial charge in [0.1, 0.15) is 5.75 Å². The number of fused-ring (bicyclic) bond motifs is 1. The number of non-ortho nitro benzene ring substituents is 1. The van der Waals surface area contributed by atoms with Gasteiger partial charge in [-0.2, -0.15) is 0 Å². The average Bonchev–Trinajstić information content (AvgIpc) is 2.88. The Morgan fingerprint density at radius 2 is 2.10 bits per heavy atom. The first kappa shape index (κ1) is 13.2. The van der Waals surface area contributed by atoms with Crippen LogP contribution in [0.5, 0.6) is 5.75 Å². The molecule has 0 saturated carbocycles. The maximum Gasteiger partial charge on any atom is 0.270 e. The monoisotopic (exact) mass is 299 g/mol. The average molecular weight is 299 g/mol. The fraction of sp³-hybridized carbons (Fsp3) is 0.